The second-order valence-electron chi connectivity index (χ2n) is 10.0. The lowest BCUT2D eigenvalue weighted by Crippen LogP contribution is -2.44. The lowest BCUT2D eigenvalue weighted by atomic mass is 10.0. The molecular formula is C28H32F4N8O. The van der Waals surface area contributed by atoms with Crippen molar-refractivity contribution in [2.24, 2.45) is 5.10 Å². The minimum absolute atomic E-state index is 0.152. The van der Waals surface area contributed by atoms with Gasteiger partial charge in [0, 0.05) is 57.2 Å². The summed E-state index contributed by atoms with van der Waals surface area (Å²) in [6, 6.07) is 11.4. The molecule has 0 atom stereocenters. The third-order valence-electron chi connectivity index (χ3n) is 7.02. The van der Waals surface area contributed by atoms with Gasteiger partial charge >= 0.3 is 6.18 Å². The Balaban J connectivity index is 1.20. The summed E-state index contributed by atoms with van der Waals surface area (Å²) in [6.07, 6.45) is -1.82. The number of halogens is 4. The number of anilines is 4. The van der Waals surface area contributed by atoms with Crippen LogP contribution in [0.1, 0.15) is 16.7 Å². The number of aromatic nitrogens is 2. The van der Waals surface area contributed by atoms with Crippen LogP contribution in [0.25, 0.3) is 0 Å². The Bertz CT molecular complexity index is 1340. The zero-order valence-electron chi connectivity index (χ0n) is 22.7. The minimum atomic E-state index is -4.45. The van der Waals surface area contributed by atoms with E-state index in [4.69, 9.17) is 4.74 Å². The van der Waals surface area contributed by atoms with Crippen LogP contribution in [0.5, 0.6) is 0 Å². The number of benzene rings is 2. The Hall–Kier alpha value is -3.81. The maximum atomic E-state index is 14.2. The fraction of sp³-hybridized carbons (Fsp3) is 0.393. The molecule has 0 saturated carbocycles. The van der Waals surface area contributed by atoms with Crippen LogP contribution in [0, 0.1) is 5.82 Å². The first kappa shape index (κ1) is 28.7. The molecule has 3 heterocycles. The quantitative estimate of drug-likeness (QED) is 0.234. The van der Waals surface area contributed by atoms with Crippen molar-refractivity contribution in [3.63, 3.8) is 0 Å². The zero-order chi connectivity index (χ0) is 28.8. The molecule has 0 amide bonds. The maximum absolute atomic E-state index is 14.2. The summed E-state index contributed by atoms with van der Waals surface area (Å²) < 4.78 is 61.2. The molecular weight excluding hydrogens is 540 g/mol. The molecule has 2 N–H and O–H groups in total. The molecule has 3 aromatic rings. The van der Waals surface area contributed by atoms with Crippen molar-refractivity contribution in [3.8, 4) is 0 Å². The van der Waals surface area contributed by atoms with Gasteiger partial charge in [0.05, 0.1) is 31.2 Å². The van der Waals surface area contributed by atoms with E-state index in [2.05, 4.69) is 35.6 Å². The van der Waals surface area contributed by atoms with E-state index in [-0.39, 0.29) is 23.9 Å². The number of ether oxygens (including phenoxy) is 1. The highest BCUT2D eigenvalue weighted by atomic mass is 19.4. The fourth-order valence-electron chi connectivity index (χ4n) is 4.70. The fourth-order valence-corrected chi connectivity index (χ4v) is 4.70. The smallest absolute Gasteiger partial charge is 0.378 e. The maximum Gasteiger partial charge on any atom is 0.416 e. The van der Waals surface area contributed by atoms with Gasteiger partial charge in [-0.25, -0.2) is 14.8 Å². The summed E-state index contributed by atoms with van der Waals surface area (Å²) in [5, 5.41) is 7.18. The second kappa shape index (κ2) is 12.8. The molecule has 218 valence electrons. The summed E-state index contributed by atoms with van der Waals surface area (Å²) >= 11 is 0. The number of alkyl halides is 3. The molecule has 0 bridgehead atoms. The molecule has 1 aromatic heterocycles. The molecule has 2 aromatic carbocycles. The van der Waals surface area contributed by atoms with Gasteiger partial charge in [0.15, 0.2) is 11.6 Å². The van der Waals surface area contributed by atoms with E-state index in [0.717, 1.165) is 37.9 Å². The molecule has 0 unspecified atom stereocenters. The van der Waals surface area contributed by atoms with Gasteiger partial charge in [0.2, 0.25) is 5.95 Å². The lowest BCUT2D eigenvalue weighted by Gasteiger charge is -2.33. The van der Waals surface area contributed by atoms with Crippen molar-refractivity contribution in [3.05, 3.63) is 71.2 Å². The Kier molecular flexibility index (Phi) is 8.96. The topological polar surface area (TPSA) is 81.2 Å². The minimum Gasteiger partial charge on any atom is -0.378 e. The molecule has 2 fully saturated rings. The normalized spacial score (nSPS) is 17.2. The van der Waals surface area contributed by atoms with Crippen LogP contribution in [0.3, 0.4) is 0 Å². The summed E-state index contributed by atoms with van der Waals surface area (Å²) in [6.45, 7) is 5.51. The molecule has 41 heavy (non-hydrogen) atoms. The standard InChI is InChI=1S/C28H32F4N8O/c1-38-8-10-39(11-9-38)19-21-4-7-23(16-24(21)28(30,31)32)35-22-5-2-20(3-6-22)17-34-37-27-33-18-25(29)26(36-27)40-12-14-41-15-13-40/h2-7,16-18,35H,8-15,19H2,1H3,(H,33,36,37)/b34-17+. The molecule has 2 aliphatic heterocycles. The summed E-state index contributed by atoms with van der Waals surface area (Å²) in [5.74, 6) is -0.173. The third-order valence-corrected chi connectivity index (χ3v) is 7.02. The van der Waals surface area contributed by atoms with Crippen molar-refractivity contribution in [1.29, 1.82) is 0 Å². The number of nitrogens with zero attached hydrogens (tertiary/aromatic N) is 6. The number of piperazine rings is 1. The first-order valence-electron chi connectivity index (χ1n) is 13.4. The molecule has 2 saturated heterocycles. The summed E-state index contributed by atoms with van der Waals surface area (Å²) in [4.78, 5) is 14.2. The Morgan fingerprint density at radius 2 is 1.68 bits per heavy atom. The van der Waals surface area contributed by atoms with Crippen molar-refractivity contribution in [1.82, 2.24) is 19.8 Å². The van der Waals surface area contributed by atoms with Crippen LogP contribution < -0.4 is 15.6 Å². The monoisotopic (exact) mass is 572 g/mol. The number of hydrazone groups is 1. The van der Waals surface area contributed by atoms with Crippen LogP contribution >= 0.6 is 0 Å². The number of hydrogen-bond donors (Lipinski definition) is 2. The predicted molar refractivity (Wildman–Crippen MR) is 150 cm³/mol. The van der Waals surface area contributed by atoms with E-state index in [1.54, 1.807) is 47.5 Å². The second-order valence-corrected chi connectivity index (χ2v) is 10.0. The Labute approximate surface area is 235 Å². The third kappa shape index (κ3) is 7.69. The molecule has 13 heteroatoms. The first-order valence-corrected chi connectivity index (χ1v) is 13.4. The molecule has 0 spiro atoms. The van der Waals surface area contributed by atoms with E-state index >= 15 is 0 Å². The van der Waals surface area contributed by atoms with E-state index in [1.165, 1.54) is 6.07 Å². The van der Waals surface area contributed by atoms with Crippen LogP contribution in [-0.2, 0) is 17.5 Å². The lowest BCUT2D eigenvalue weighted by molar-refractivity contribution is -0.138. The zero-order valence-corrected chi connectivity index (χ0v) is 22.7. The van der Waals surface area contributed by atoms with E-state index in [9.17, 15) is 17.6 Å². The Morgan fingerprint density at radius 1 is 0.976 bits per heavy atom. The molecule has 2 aliphatic rings. The van der Waals surface area contributed by atoms with Crippen molar-refractivity contribution < 1.29 is 22.3 Å². The highest BCUT2D eigenvalue weighted by Crippen LogP contribution is 2.35. The van der Waals surface area contributed by atoms with Crippen LogP contribution in [-0.4, -0.2) is 85.5 Å². The van der Waals surface area contributed by atoms with Gasteiger partial charge in [-0.1, -0.05) is 18.2 Å². The first-order chi connectivity index (χ1) is 19.7. The van der Waals surface area contributed by atoms with E-state index in [1.807, 2.05) is 7.05 Å². The number of likely N-dealkylation sites (N-methyl/N-ethyl adjacent to an activating group) is 1. The molecule has 9 nitrogen and oxygen atoms in total. The number of hydrogen-bond acceptors (Lipinski definition) is 9. The van der Waals surface area contributed by atoms with Gasteiger partial charge in [0.1, 0.15) is 0 Å². The highest BCUT2D eigenvalue weighted by Gasteiger charge is 2.34. The van der Waals surface area contributed by atoms with Crippen LogP contribution in [0.2, 0.25) is 0 Å². The number of rotatable bonds is 8. The SMILES string of the molecule is CN1CCN(Cc2ccc(Nc3ccc(/C=N/Nc4ncc(F)c(N5CCOCC5)n4)cc3)cc2C(F)(F)F)CC1. The van der Waals surface area contributed by atoms with Gasteiger partial charge < -0.3 is 19.9 Å². The largest absolute Gasteiger partial charge is 0.416 e. The van der Waals surface area contributed by atoms with Crippen molar-refractivity contribution in [2.45, 2.75) is 12.7 Å². The van der Waals surface area contributed by atoms with Crippen molar-refractivity contribution >= 4 is 29.4 Å². The predicted octanol–water partition coefficient (Wildman–Crippen LogP) is 4.41. The van der Waals surface area contributed by atoms with Gasteiger partial charge in [-0.05, 0) is 42.4 Å². The van der Waals surface area contributed by atoms with E-state index < -0.39 is 17.6 Å². The highest BCUT2D eigenvalue weighted by molar-refractivity contribution is 5.81. The average Bonchev–Trinajstić information content (AvgIpc) is 2.97. The van der Waals surface area contributed by atoms with Crippen LogP contribution in [0.15, 0.2) is 53.8 Å². The van der Waals surface area contributed by atoms with Gasteiger partial charge in [-0.2, -0.15) is 23.3 Å². The average molecular weight is 573 g/mol. The van der Waals surface area contributed by atoms with Gasteiger partial charge in [-0.3, -0.25) is 4.90 Å². The number of nitrogens with one attached hydrogen (secondary N) is 2. The van der Waals surface area contributed by atoms with Gasteiger partial charge in [-0.15, -0.1) is 0 Å². The number of morpholine rings is 1. The van der Waals surface area contributed by atoms with Crippen LogP contribution in [0.4, 0.5) is 40.7 Å². The molecule has 0 aliphatic carbocycles. The van der Waals surface area contributed by atoms with Gasteiger partial charge in [0.25, 0.3) is 0 Å². The Morgan fingerprint density at radius 3 is 2.39 bits per heavy atom. The molecule has 5 rings (SSSR count). The van der Waals surface area contributed by atoms with Crippen molar-refractivity contribution in [2.75, 3.05) is 75.2 Å². The molecule has 0 radical (unpaired) electrons. The summed E-state index contributed by atoms with van der Waals surface area (Å²) in [7, 11) is 2.01. The summed E-state index contributed by atoms with van der Waals surface area (Å²) in [5.41, 5.74) is 4.07. The van der Waals surface area contributed by atoms with E-state index in [0.29, 0.717) is 37.7 Å².